The first-order valence-electron chi connectivity index (χ1n) is 5.71. The van der Waals surface area contributed by atoms with Crippen molar-refractivity contribution in [3.05, 3.63) is 41.0 Å². The molecule has 0 aliphatic rings. The summed E-state index contributed by atoms with van der Waals surface area (Å²) in [5, 5.41) is 4.27. The van der Waals surface area contributed by atoms with Crippen LogP contribution in [-0.4, -0.2) is 24.0 Å². The van der Waals surface area contributed by atoms with E-state index in [0.717, 1.165) is 10.9 Å². The lowest BCUT2D eigenvalue weighted by Gasteiger charge is -2.05. The summed E-state index contributed by atoms with van der Waals surface area (Å²) in [5.41, 5.74) is 6.74. The van der Waals surface area contributed by atoms with Gasteiger partial charge >= 0.3 is 0 Å². The van der Waals surface area contributed by atoms with Gasteiger partial charge in [0.25, 0.3) is 0 Å². The molecule has 18 heavy (non-hydrogen) atoms. The van der Waals surface area contributed by atoms with Gasteiger partial charge < -0.3 is 11.1 Å². The van der Waals surface area contributed by atoms with Gasteiger partial charge in [0.2, 0.25) is 5.91 Å². The van der Waals surface area contributed by atoms with Crippen LogP contribution in [0.4, 0.5) is 0 Å². The second kappa shape index (κ2) is 5.80. The second-order valence-electron chi connectivity index (χ2n) is 3.93. The first-order valence-corrected chi connectivity index (χ1v) is 6.09. The standard InChI is InChI=1S/C13H14ClN3O/c14-11-3-1-2-9-4-5-10(17-13(9)11)8-12(18)16-7-6-15/h1-5H,6-8,15H2,(H,16,18). The highest BCUT2D eigenvalue weighted by atomic mass is 35.5. The molecule has 4 nitrogen and oxygen atoms in total. The fraction of sp³-hybridized carbons (Fsp3) is 0.231. The van der Waals surface area contributed by atoms with Crippen LogP contribution in [0.5, 0.6) is 0 Å². The maximum absolute atomic E-state index is 11.6. The minimum absolute atomic E-state index is 0.0839. The summed E-state index contributed by atoms with van der Waals surface area (Å²) in [4.78, 5) is 16.0. The topological polar surface area (TPSA) is 68.0 Å². The number of hydrogen-bond acceptors (Lipinski definition) is 3. The number of carbonyl (C=O) groups excluding carboxylic acids is 1. The molecule has 94 valence electrons. The summed E-state index contributed by atoms with van der Waals surface area (Å²) < 4.78 is 0. The molecule has 1 amide bonds. The predicted molar refractivity (Wildman–Crippen MR) is 72.5 cm³/mol. The molecule has 0 bridgehead atoms. The number of carbonyl (C=O) groups is 1. The molecule has 5 heteroatoms. The van der Waals surface area contributed by atoms with E-state index in [9.17, 15) is 4.79 Å². The molecule has 0 radical (unpaired) electrons. The Hall–Kier alpha value is -1.65. The Morgan fingerprint density at radius 3 is 2.94 bits per heavy atom. The van der Waals surface area contributed by atoms with Crippen molar-refractivity contribution in [1.29, 1.82) is 0 Å². The third-order valence-electron chi connectivity index (χ3n) is 2.54. The van der Waals surface area contributed by atoms with Crippen molar-refractivity contribution >= 4 is 28.4 Å². The molecular weight excluding hydrogens is 250 g/mol. The summed E-state index contributed by atoms with van der Waals surface area (Å²) in [6, 6.07) is 9.35. The van der Waals surface area contributed by atoms with Gasteiger partial charge in [-0.2, -0.15) is 0 Å². The van der Waals surface area contributed by atoms with Crippen LogP contribution in [0, 0.1) is 0 Å². The van der Waals surface area contributed by atoms with Crippen LogP contribution in [0.3, 0.4) is 0 Å². The Bertz CT molecular complexity index is 571. The molecule has 0 saturated heterocycles. The van der Waals surface area contributed by atoms with Gasteiger partial charge in [-0.1, -0.05) is 29.8 Å². The van der Waals surface area contributed by atoms with Crippen LogP contribution in [0.25, 0.3) is 10.9 Å². The van der Waals surface area contributed by atoms with E-state index in [4.69, 9.17) is 17.3 Å². The normalized spacial score (nSPS) is 10.6. The van der Waals surface area contributed by atoms with Crippen molar-refractivity contribution in [2.75, 3.05) is 13.1 Å². The van der Waals surface area contributed by atoms with Crippen LogP contribution in [0.1, 0.15) is 5.69 Å². The van der Waals surface area contributed by atoms with Gasteiger partial charge in [0, 0.05) is 18.5 Å². The van der Waals surface area contributed by atoms with E-state index in [0.29, 0.717) is 23.8 Å². The van der Waals surface area contributed by atoms with Gasteiger partial charge in [0.05, 0.1) is 22.7 Å². The molecule has 1 aromatic heterocycles. The van der Waals surface area contributed by atoms with E-state index in [1.54, 1.807) is 6.07 Å². The molecule has 0 aliphatic carbocycles. The Kier molecular flexibility index (Phi) is 4.12. The number of amides is 1. The highest BCUT2D eigenvalue weighted by molar-refractivity contribution is 6.35. The molecule has 0 aliphatic heterocycles. The highest BCUT2D eigenvalue weighted by Gasteiger charge is 2.06. The van der Waals surface area contributed by atoms with Crippen molar-refractivity contribution in [1.82, 2.24) is 10.3 Å². The minimum Gasteiger partial charge on any atom is -0.354 e. The van der Waals surface area contributed by atoms with E-state index >= 15 is 0 Å². The number of benzene rings is 1. The fourth-order valence-corrected chi connectivity index (χ4v) is 1.91. The Morgan fingerprint density at radius 1 is 1.33 bits per heavy atom. The van der Waals surface area contributed by atoms with Crippen molar-refractivity contribution in [2.45, 2.75) is 6.42 Å². The van der Waals surface area contributed by atoms with Crippen LogP contribution < -0.4 is 11.1 Å². The van der Waals surface area contributed by atoms with Gasteiger partial charge in [-0.15, -0.1) is 0 Å². The highest BCUT2D eigenvalue weighted by Crippen LogP contribution is 2.21. The van der Waals surface area contributed by atoms with Crippen molar-refractivity contribution in [3.8, 4) is 0 Å². The van der Waals surface area contributed by atoms with Gasteiger partial charge in [0.1, 0.15) is 0 Å². The summed E-state index contributed by atoms with van der Waals surface area (Å²) >= 11 is 6.07. The smallest absolute Gasteiger partial charge is 0.226 e. The maximum atomic E-state index is 11.6. The van der Waals surface area contributed by atoms with Crippen molar-refractivity contribution < 1.29 is 4.79 Å². The number of para-hydroxylation sites is 1. The number of aromatic nitrogens is 1. The van der Waals surface area contributed by atoms with Crippen LogP contribution >= 0.6 is 11.6 Å². The van der Waals surface area contributed by atoms with Gasteiger partial charge in [0.15, 0.2) is 0 Å². The lowest BCUT2D eigenvalue weighted by Crippen LogP contribution is -2.30. The number of hydrogen-bond donors (Lipinski definition) is 2. The Labute approximate surface area is 110 Å². The van der Waals surface area contributed by atoms with E-state index < -0.39 is 0 Å². The molecule has 2 rings (SSSR count). The molecular formula is C13H14ClN3O. The molecule has 0 unspecified atom stereocenters. The molecule has 3 N–H and O–H groups in total. The summed E-state index contributed by atoms with van der Waals surface area (Å²) in [7, 11) is 0. The number of rotatable bonds is 4. The number of halogens is 1. The molecule has 0 fully saturated rings. The molecule has 0 spiro atoms. The molecule has 1 aromatic carbocycles. The zero-order chi connectivity index (χ0) is 13.0. The van der Waals surface area contributed by atoms with Gasteiger partial charge in [-0.3, -0.25) is 9.78 Å². The molecule has 1 heterocycles. The first kappa shape index (κ1) is 12.8. The molecule has 0 saturated carbocycles. The van der Waals surface area contributed by atoms with Gasteiger partial charge in [-0.05, 0) is 12.1 Å². The average Bonchev–Trinajstić information content (AvgIpc) is 2.37. The lowest BCUT2D eigenvalue weighted by molar-refractivity contribution is -0.120. The zero-order valence-electron chi connectivity index (χ0n) is 9.82. The third-order valence-corrected chi connectivity index (χ3v) is 2.84. The van der Waals surface area contributed by atoms with Gasteiger partial charge in [-0.25, -0.2) is 0 Å². The van der Waals surface area contributed by atoms with Crippen LogP contribution in [-0.2, 0) is 11.2 Å². The van der Waals surface area contributed by atoms with E-state index in [1.807, 2.05) is 24.3 Å². The first-order chi connectivity index (χ1) is 8.70. The SMILES string of the molecule is NCCNC(=O)Cc1ccc2cccc(Cl)c2n1. The third kappa shape index (κ3) is 2.97. The predicted octanol–water partition coefficient (Wildman–Crippen LogP) is 1.51. The minimum atomic E-state index is -0.0839. The van der Waals surface area contributed by atoms with Crippen LogP contribution in [0.15, 0.2) is 30.3 Å². The largest absolute Gasteiger partial charge is 0.354 e. The number of nitrogens with two attached hydrogens (primary N) is 1. The Balaban J connectivity index is 2.19. The lowest BCUT2D eigenvalue weighted by atomic mass is 10.2. The number of nitrogens with one attached hydrogen (secondary N) is 1. The second-order valence-corrected chi connectivity index (χ2v) is 4.34. The van der Waals surface area contributed by atoms with Crippen molar-refractivity contribution in [2.24, 2.45) is 5.73 Å². The number of nitrogens with zero attached hydrogens (tertiary/aromatic N) is 1. The Morgan fingerprint density at radius 2 is 2.17 bits per heavy atom. The zero-order valence-corrected chi connectivity index (χ0v) is 10.6. The molecule has 2 aromatic rings. The van der Waals surface area contributed by atoms with E-state index in [1.165, 1.54) is 0 Å². The van der Waals surface area contributed by atoms with Crippen LogP contribution in [0.2, 0.25) is 5.02 Å². The van der Waals surface area contributed by atoms with Crippen molar-refractivity contribution in [3.63, 3.8) is 0 Å². The number of fused-ring (bicyclic) bond motifs is 1. The van der Waals surface area contributed by atoms with E-state index in [-0.39, 0.29) is 12.3 Å². The monoisotopic (exact) mass is 263 g/mol. The summed E-state index contributed by atoms with van der Waals surface area (Å²) in [6.45, 7) is 0.913. The number of pyridine rings is 1. The summed E-state index contributed by atoms with van der Waals surface area (Å²) in [5.74, 6) is -0.0839. The summed E-state index contributed by atoms with van der Waals surface area (Å²) in [6.07, 6.45) is 0.237. The maximum Gasteiger partial charge on any atom is 0.226 e. The quantitative estimate of drug-likeness (QED) is 0.879. The fourth-order valence-electron chi connectivity index (χ4n) is 1.69. The van der Waals surface area contributed by atoms with E-state index in [2.05, 4.69) is 10.3 Å². The molecule has 0 atom stereocenters. The average molecular weight is 264 g/mol.